The lowest BCUT2D eigenvalue weighted by molar-refractivity contribution is 0.00832. The zero-order valence-electron chi connectivity index (χ0n) is 12.5. The van der Waals surface area contributed by atoms with Gasteiger partial charge in [-0.05, 0) is 61.3 Å². The topological polar surface area (TPSA) is 12.5 Å². The van der Waals surface area contributed by atoms with Crippen molar-refractivity contribution in [1.29, 1.82) is 0 Å². The highest BCUT2D eigenvalue weighted by Crippen LogP contribution is 2.46. The second-order valence-electron chi connectivity index (χ2n) is 6.76. The number of hydrogen-bond acceptors (Lipinski definition) is 2. The molecule has 0 aromatic heterocycles. The zero-order valence-corrected chi connectivity index (χ0v) is 12.5. The predicted molar refractivity (Wildman–Crippen MR) is 81.1 cm³/mol. The number of fused-ring (bicyclic) bond motifs is 5. The summed E-state index contributed by atoms with van der Waals surface area (Å²) in [4.78, 5) is 2.85. The SMILES string of the molecule is COc1ccc2c(c1)CCN1C2CCC2CCCCC21. The van der Waals surface area contributed by atoms with E-state index in [0.29, 0.717) is 6.04 Å². The molecule has 2 nitrogen and oxygen atoms in total. The monoisotopic (exact) mass is 271 g/mol. The number of ether oxygens (including phenoxy) is 1. The van der Waals surface area contributed by atoms with E-state index in [2.05, 4.69) is 23.1 Å². The third kappa shape index (κ3) is 1.96. The average Bonchev–Trinajstić information content (AvgIpc) is 2.53. The Morgan fingerprint density at radius 3 is 2.90 bits per heavy atom. The third-order valence-electron chi connectivity index (χ3n) is 5.85. The van der Waals surface area contributed by atoms with E-state index in [1.54, 1.807) is 12.7 Å². The molecule has 1 aromatic carbocycles. The van der Waals surface area contributed by atoms with Crippen molar-refractivity contribution in [3.8, 4) is 5.75 Å². The van der Waals surface area contributed by atoms with Crippen LogP contribution in [-0.4, -0.2) is 24.6 Å². The number of methoxy groups -OCH3 is 1. The zero-order chi connectivity index (χ0) is 13.5. The van der Waals surface area contributed by atoms with Gasteiger partial charge < -0.3 is 4.74 Å². The summed E-state index contributed by atoms with van der Waals surface area (Å²) in [6.07, 6.45) is 9.83. The molecule has 108 valence electrons. The van der Waals surface area contributed by atoms with Crippen LogP contribution in [-0.2, 0) is 6.42 Å². The Hall–Kier alpha value is -1.02. The number of hydrogen-bond donors (Lipinski definition) is 0. The molecule has 2 fully saturated rings. The molecule has 0 spiro atoms. The van der Waals surface area contributed by atoms with Crippen molar-refractivity contribution in [3.63, 3.8) is 0 Å². The predicted octanol–water partition coefficient (Wildman–Crippen LogP) is 3.95. The molecular formula is C18H25NO. The maximum absolute atomic E-state index is 5.39. The highest BCUT2D eigenvalue weighted by atomic mass is 16.5. The van der Waals surface area contributed by atoms with E-state index < -0.39 is 0 Å². The van der Waals surface area contributed by atoms with Crippen molar-refractivity contribution >= 4 is 0 Å². The highest BCUT2D eigenvalue weighted by molar-refractivity contribution is 5.39. The van der Waals surface area contributed by atoms with Crippen molar-refractivity contribution in [2.24, 2.45) is 5.92 Å². The van der Waals surface area contributed by atoms with Gasteiger partial charge in [0.15, 0.2) is 0 Å². The van der Waals surface area contributed by atoms with Gasteiger partial charge in [-0.15, -0.1) is 0 Å². The van der Waals surface area contributed by atoms with Crippen molar-refractivity contribution in [3.05, 3.63) is 29.3 Å². The van der Waals surface area contributed by atoms with Crippen molar-refractivity contribution < 1.29 is 4.74 Å². The fourth-order valence-electron chi connectivity index (χ4n) is 4.89. The molecule has 2 heteroatoms. The molecule has 0 bridgehead atoms. The van der Waals surface area contributed by atoms with Crippen LogP contribution in [0.1, 0.15) is 55.7 Å². The van der Waals surface area contributed by atoms with E-state index in [-0.39, 0.29) is 0 Å². The lowest BCUT2D eigenvalue weighted by Crippen LogP contribution is -2.50. The summed E-state index contributed by atoms with van der Waals surface area (Å²) < 4.78 is 5.39. The van der Waals surface area contributed by atoms with Crippen molar-refractivity contribution in [2.45, 2.75) is 57.0 Å². The number of piperidine rings is 1. The summed E-state index contributed by atoms with van der Waals surface area (Å²) in [7, 11) is 1.77. The number of rotatable bonds is 1. The molecule has 1 saturated carbocycles. The second-order valence-corrected chi connectivity index (χ2v) is 6.76. The summed E-state index contributed by atoms with van der Waals surface area (Å²) in [6, 6.07) is 8.30. The molecule has 2 heterocycles. The van der Waals surface area contributed by atoms with Crippen LogP contribution >= 0.6 is 0 Å². The van der Waals surface area contributed by atoms with Gasteiger partial charge in [0.25, 0.3) is 0 Å². The molecule has 4 rings (SSSR count). The van der Waals surface area contributed by atoms with Gasteiger partial charge in [-0.3, -0.25) is 4.90 Å². The quantitative estimate of drug-likeness (QED) is 0.767. The van der Waals surface area contributed by atoms with E-state index in [0.717, 1.165) is 17.7 Å². The van der Waals surface area contributed by atoms with Gasteiger partial charge in [-0.2, -0.15) is 0 Å². The summed E-state index contributed by atoms with van der Waals surface area (Å²) >= 11 is 0. The van der Waals surface area contributed by atoms with Crippen LogP contribution in [0.2, 0.25) is 0 Å². The van der Waals surface area contributed by atoms with Gasteiger partial charge in [0.1, 0.15) is 5.75 Å². The molecule has 2 aliphatic heterocycles. The first kappa shape index (κ1) is 12.7. The summed E-state index contributed by atoms with van der Waals surface area (Å²) in [5.74, 6) is 2.00. The van der Waals surface area contributed by atoms with Crippen LogP contribution in [0.25, 0.3) is 0 Å². The Morgan fingerprint density at radius 2 is 2.00 bits per heavy atom. The molecule has 1 aromatic rings. The Balaban J connectivity index is 1.65. The van der Waals surface area contributed by atoms with Crippen LogP contribution in [0, 0.1) is 5.92 Å². The Bertz CT molecular complexity index is 498. The molecule has 1 saturated heterocycles. The Labute approximate surface area is 122 Å². The van der Waals surface area contributed by atoms with E-state index in [1.807, 2.05) is 0 Å². The molecular weight excluding hydrogens is 246 g/mol. The van der Waals surface area contributed by atoms with Gasteiger partial charge in [0.05, 0.1) is 7.11 Å². The van der Waals surface area contributed by atoms with E-state index in [1.165, 1.54) is 57.1 Å². The van der Waals surface area contributed by atoms with Gasteiger partial charge in [-0.1, -0.05) is 18.9 Å². The van der Waals surface area contributed by atoms with Crippen LogP contribution < -0.4 is 4.74 Å². The van der Waals surface area contributed by atoms with Crippen molar-refractivity contribution in [2.75, 3.05) is 13.7 Å². The lowest BCUT2D eigenvalue weighted by Gasteiger charge is -2.51. The molecule has 3 atom stereocenters. The Morgan fingerprint density at radius 1 is 1.10 bits per heavy atom. The van der Waals surface area contributed by atoms with Crippen LogP contribution in [0.3, 0.4) is 0 Å². The van der Waals surface area contributed by atoms with Gasteiger partial charge >= 0.3 is 0 Å². The molecule has 20 heavy (non-hydrogen) atoms. The maximum Gasteiger partial charge on any atom is 0.119 e. The first-order valence-electron chi connectivity index (χ1n) is 8.29. The molecule has 0 N–H and O–H groups in total. The standard InChI is InChI=1S/C18H25NO/c1-20-15-7-8-16-14(12-15)10-11-19-17-5-3-2-4-13(17)6-9-18(16)19/h7-8,12-13,17-18H,2-6,9-11H2,1H3. The van der Waals surface area contributed by atoms with Crippen LogP contribution in [0.15, 0.2) is 18.2 Å². The van der Waals surface area contributed by atoms with E-state index >= 15 is 0 Å². The number of benzene rings is 1. The first-order chi connectivity index (χ1) is 9.86. The minimum atomic E-state index is 0.684. The first-order valence-corrected chi connectivity index (χ1v) is 8.29. The summed E-state index contributed by atoms with van der Waals surface area (Å²) in [5, 5.41) is 0. The molecule has 1 aliphatic carbocycles. The van der Waals surface area contributed by atoms with E-state index in [4.69, 9.17) is 4.74 Å². The normalized spacial score (nSPS) is 33.0. The van der Waals surface area contributed by atoms with Crippen molar-refractivity contribution in [1.82, 2.24) is 4.90 Å². The fourth-order valence-corrected chi connectivity index (χ4v) is 4.89. The smallest absolute Gasteiger partial charge is 0.119 e. The molecule has 3 aliphatic rings. The molecule has 0 radical (unpaired) electrons. The van der Waals surface area contributed by atoms with Crippen LogP contribution in [0.5, 0.6) is 5.75 Å². The Kier molecular flexibility index (Phi) is 3.22. The van der Waals surface area contributed by atoms with Crippen LogP contribution in [0.4, 0.5) is 0 Å². The summed E-state index contributed by atoms with van der Waals surface area (Å²) in [6.45, 7) is 1.26. The maximum atomic E-state index is 5.39. The summed E-state index contributed by atoms with van der Waals surface area (Å²) in [5.41, 5.74) is 3.11. The minimum Gasteiger partial charge on any atom is -0.497 e. The van der Waals surface area contributed by atoms with Gasteiger partial charge in [0, 0.05) is 18.6 Å². The van der Waals surface area contributed by atoms with Gasteiger partial charge in [-0.25, -0.2) is 0 Å². The molecule has 3 unspecified atom stereocenters. The molecule has 0 amide bonds. The largest absolute Gasteiger partial charge is 0.497 e. The highest BCUT2D eigenvalue weighted by Gasteiger charge is 2.40. The fraction of sp³-hybridized carbons (Fsp3) is 0.667. The number of nitrogens with zero attached hydrogens (tertiary/aromatic N) is 1. The minimum absolute atomic E-state index is 0.684. The third-order valence-corrected chi connectivity index (χ3v) is 5.85. The average molecular weight is 271 g/mol. The van der Waals surface area contributed by atoms with Gasteiger partial charge in [0.2, 0.25) is 0 Å². The second kappa shape index (κ2) is 5.07. The lowest BCUT2D eigenvalue weighted by atomic mass is 9.73. The van der Waals surface area contributed by atoms with E-state index in [9.17, 15) is 0 Å².